The number of hydrogen-bond acceptors (Lipinski definition) is 3. The van der Waals surface area contributed by atoms with Gasteiger partial charge in [-0.2, -0.15) is 12.6 Å². The van der Waals surface area contributed by atoms with Crippen molar-refractivity contribution in [2.75, 3.05) is 19.0 Å². The predicted octanol–water partition coefficient (Wildman–Crippen LogP) is 3.26. The first-order chi connectivity index (χ1) is 6.86. The lowest BCUT2D eigenvalue weighted by Gasteiger charge is -2.11. The highest BCUT2D eigenvalue weighted by atomic mass is 32.1. The van der Waals surface area contributed by atoms with E-state index in [1.165, 1.54) is 4.88 Å². The summed E-state index contributed by atoms with van der Waals surface area (Å²) in [6.45, 7) is 3.87. The highest BCUT2D eigenvalue weighted by molar-refractivity contribution is 7.80. The van der Waals surface area contributed by atoms with Crippen LogP contribution in [0, 0.1) is 5.92 Å². The minimum atomic E-state index is 0.613. The Bertz CT molecular complexity index is 217. The largest absolute Gasteiger partial charge is 0.381 e. The molecule has 0 aliphatic heterocycles. The van der Waals surface area contributed by atoms with Crippen LogP contribution in [0.5, 0.6) is 0 Å². The molecule has 1 unspecified atom stereocenters. The van der Waals surface area contributed by atoms with E-state index < -0.39 is 0 Å². The number of thiophene rings is 1. The Labute approximate surface area is 95.9 Å². The van der Waals surface area contributed by atoms with Gasteiger partial charge in [-0.3, -0.25) is 0 Å². The lowest BCUT2D eigenvalue weighted by Crippen LogP contribution is -2.11. The second-order valence-corrected chi connectivity index (χ2v) is 4.76. The van der Waals surface area contributed by atoms with Gasteiger partial charge in [0.2, 0.25) is 0 Å². The van der Waals surface area contributed by atoms with Crippen LogP contribution >= 0.6 is 24.0 Å². The molecule has 0 aliphatic carbocycles. The standard InChI is InChI=1S/C11H18OS2/c1-2-10(9-13)8-12-6-5-11-4-3-7-14-11/h3-4,7,10,13H,2,5-6,8-9H2,1H3. The van der Waals surface area contributed by atoms with Crippen LogP contribution in [0.4, 0.5) is 0 Å². The summed E-state index contributed by atoms with van der Waals surface area (Å²) in [6.07, 6.45) is 2.20. The fourth-order valence-electron chi connectivity index (χ4n) is 1.18. The Morgan fingerprint density at radius 2 is 2.43 bits per heavy atom. The van der Waals surface area contributed by atoms with Gasteiger partial charge in [-0.15, -0.1) is 11.3 Å². The zero-order chi connectivity index (χ0) is 10.2. The first-order valence-corrected chi connectivity index (χ1v) is 6.59. The minimum Gasteiger partial charge on any atom is -0.381 e. The molecule has 1 aromatic heterocycles. The third-order valence-electron chi connectivity index (χ3n) is 2.26. The summed E-state index contributed by atoms with van der Waals surface area (Å²) in [5.41, 5.74) is 0. The SMILES string of the molecule is CCC(CS)COCCc1cccs1. The Hall–Kier alpha value is 0.01000. The zero-order valence-electron chi connectivity index (χ0n) is 8.61. The maximum absolute atomic E-state index is 5.61. The molecule has 1 heterocycles. The van der Waals surface area contributed by atoms with E-state index in [4.69, 9.17) is 4.74 Å². The van der Waals surface area contributed by atoms with E-state index in [0.717, 1.165) is 31.8 Å². The molecule has 0 spiro atoms. The van der Waals surface area contributed by atoms with E-state index in [9.17, 15) is 0 Å². The van der Waals surface area contributed by atoms with Gasteiger partial charge in [0.05, 0.1) is 13.2 Å². The number of rotatable bonds is 7. The second-order valence-electron chi connectivity index (χ2n) is 3.36. The Balaban J connectivity index is 2.04. The molecular weight excluding hydrogens is 212 g/mol. The van der Waals surface area contributed by atoms with Gasteiger partial charge in [-0.25, -0.2) is 0 Å². The molecule has 0 saturated carbocycles. The van der Waals surface area contributed by atoms with E-state index in [1.807, 2.05) is 0 Å². The molecule has 0 fully saturated rings. The molecule has 0 aromatic carbocycles. The third kappa shape index (κ3) is 4.49. The Kier molecular flexibility index (Phi) is 6.32. The molecule has 0 bridgehead atoms. The van der Waals surface area contributed by atoms with Crippen LogP contribution in [-0.2, 0) is 11.2 Å². The van der Waals surface area contributed by atoms with Crippen molar-refractivity contribution >= 4 is 24.0 Å². The van der Waals surface area contributed by atoms with Crippen molar-refractivity contribution < 1.29 is 4.74 Å². The van der Waals surface area contributed by atoms with Gasteiger partial charge in [-0.05, 0) is 23.1 Å². The molecule has 0 saturated heterocycles. The molecule has 1 atom stereocenters. The van der Waals surface area contributed by atoms with Crippen LogP contribution in [0.1, 0.15) is 18.2 Å². The van der Waals surface area contributed by atoms with Crippen molar-refractivity contribution in [3.8, 4) is 0 Å². The van der Waals surface area contributed by atoms with Gasteiger partial charge in [-0.1, -0.05) is 19.4 Å². The molecule has 0 amide bonds. The predicted molar refractivity (Wildman–Crippen MR) is 66.5 cm³/mol. The highest BCUT2D eigenvalue weighted by Crippen LogP contribution is 2.10. The minimum absolute atomic E-state index is 0.613. The van der Waals surface area contributed by atoms with Crippen LogP contribution in [-0.4, -0.2) is 19.0 Å². The molecule has 1 nitrogen and oxygen atoms in total. The van der Waals surface area contributed by atoms with Crippen LogP contribution in [0.25, 0.3) is 0 Å². The maximum Gasteiger partial charge on any atom is 0.0514 e. The van der Waals surface area contributed by atoms with Crippen LogP contribution in [0.15, 0.2) is 17.5 Å². The van der Waals surface area contributed by atoms with Gasteiger partial charge >= 0.3 is 0 Å². The normalized spacial score (nSPS) is 13.0. The van der Waals surface area contributed by atoms with Gasteiger partial charge < -0.3 is 4.74 Å². The summed E-state index contributed by atoms with van der Waals surface area (Å²) in [5, 5.41) is 2.11. The van der Waals surface area contributed by atoms with Gasteiger partial charge in [0, 0.05) is 11.3 Å². The fraction of sp³-hybridized carbons (Fsp3) is 0.636. The fourth-order valence-corrected chi connectivity index (χ4v) is 2.23. The van der Waals surface area contributed by atoms with Crippen LogP contribution in [0.3, 0.4) is 0 Å². The molecule has 80 valence electrons. The summed E-state index contributed by atoms with van der Waals surface area (Å²) in [4.78, 5) is 1.41. The lowest BCUT2D eigenvalue weighted by atomic mass is 10.1. The first-order valence-electron chi connectivity index (χ1n) is 5.07. The molecular formula is C11H18OS2. The van der Waals surface area contributed by atoms with Crippen molar-refractivity contribution in [3.63, 3.8) is 0 Å². The Morgan fingerprint density at radius 1 is 1.57 bits per heavy atom. The summed E-state index contributed by atoms with van der Waals surface area (Å²) < 4.78 is 5.61. The summed E-state index contributed by atoms with van der Waals surface area (Å²) >= 11 is 6.08. The zero-order valence-corrected chi connectivity index (χ0v) is 10.3. The molecule has 1 rings (SSSR count). The molecule has 1 aromatic rings. The first kappa shape index (κ1) is 12.1. The highest BCUT2D eigenvalue weighted by Gasteiger charge is 2.03. The topological polar surface area (TPSA) is 9.23 Å². The smallest absolute Gasteiger partial charge is 0.0514 e. The van der Waals surface area contributed by atoms with Gasteiger partial charge in [0.1, 0.15) is 0 Å². The van der Waals surface area contributed by atoms with E-state index in [2.05, 4.69) is 37.1 Å². The van der Waals surface area contributed by atoms with E-state index >= 15 is 0 Å². The van der Waals surface area contributed by atoms with Crippen molar-refractivity contribution in [2.45, 2.75) is 19.8 Å². The van der Waals surface area contributed by atoms with Gasteiger partial charge in [0.25, 0.3) is 0 Å². The van der Waals surface area contributed by atoms with Gasteiger partial charge in [0.15, 0.2) is 0 Å². The van der Waals surface area contributed by atoms with Crippen LogP contribution < -0.4 is 0 Å². The maximum atomic E-state index is 5.61. The number of hydrogen-bond donors (Lipinski definition) is 1. The van der Waals surface area contributed by atoms with Crippen molar-refractivity contribution in [3.05, 3.63) is 22.4 Å². The third-order valence-corrected chi connectivity index (χ3v) is 3.71. The van der Waals surface area contributed by atoms with E-state index in [-0.39, 0.29) is 0 Å². The summed E-state index contributed by atoms with van der Waals surface area (Å²) in [5.74, 6) is 1.54. The summed E-state index contributed by atoms with van der Waals surface area (Å²) in [7, 11) is 0. The van der Waals surface area contributed by atoms with Crippen molar-refractivity contribution in [2.24, 2.45) is 5.92 Å². The molecule has 0 aliphatic rings. The van der Waals surface area contributed by atoms with E-state index in [0.29, 0.717) is 5.92 Å². The molecule has 0 radical (unpaired) electrons. The monoisotopic (exact) mass is 230 g/mol. The molecule has 0 N–H and O–H groups in total. The van der Waals surface area contributed by atoms with Crippen LogP contribution in [0.2, 0.25) is 0 Å². The van der Waals surface area contributed by atoms with Crippen molar-refractivity contribution in [1.29, 1.82) is 0 Å². The molecule has 3 heteroatoms. The average molecular weight is 230 g/mol. The number of thiol groups is 1. The quantitative estimate of drug-likeness (QED) is 0.559. The van der Waals surface area contributed by atoms with E-state index in [1.54, 1.807) is 11.3 Å². The Morgan fingerprint density at radius 3 is 3.00 bits per heavy atom. The lowest BCUT2D eigenvalue weighted by molar-refractivity contribution is 0.108. The van der Waals surface area contributed by atoms with Crippen molar-refractivity contribution in [1.82, 2.24) is 0 Å². The average Bonchev–Trinajstić information content (AvgIpc) is 2.71. The summed E-state index contributed by atoms with van der Waals surface area (Å²) in [6, 6.07) is 4.24. The molecule has 14 heavy (non-hydrogen) atoms. The number of ether oxygens (including phenoxy) is 1. The second kappa shape index (κ2) is 7.32.